The van der Waals surface area contributed by atoms with Crippen molar-refractivity contribution in [3.63, 3.8) is 0 Å². The quantitative estimate of drug-likeness (QED) is 0.708. The van der Waals surface area contributed by atoms with Crippen molar-refractivity contribution in [2.24, 2.45) is 0 Å². The SMILES string of the molecule is Cc1cccc(C(=O)Nc2ncc3c(n2)CC(c2cccc(Cl)c2)CC3=O)c1. The van der Waals surface area contributed by atoms with Crippen LogP contribution in [0.1, 0.15) is 49.9 Å². The molecule has 1 heterocycles. The number of amides is 1. The summed E-state index contributed by atoms with van der Waals surface area (Å²) < 4.78 is 0. The van der Waals surface area contributed by atoms with Crippen LogP contribution >= 0.6 is 11.6 Å². The summed E-state index contributed by atoms with van der Waals surface area (Å²) in [7, 11) is 0. The van der Waals surface area contributed by atoms with Crippen LogP contribution in [0.4, 0.5) is 5.95 Å². The molecule has 1 atom stereocenters. The van der Waals surface area contributed by atoms with Crippen LogP contribution in [0.3, 0.4) is 0 Å². The Bertz CT molecular complexity index is 1080. The average molecular weight is 392 g/mol. The number of Topliss-reactive ketones (excluding diaryl/α,β-unsaturated/α-hetero) is 1. The van der Waals surface area contributed by atoms with Crippen LogP contribution in [0.5, 0.6) is 0 Å². The Balaban J connectivity index is 1.58. The van der Waals surface area contributed by atoms with Gasteiger partial charge in [0.2, 0.25) is 5.95 Å². The van der Waals surface area contributed by atoms with E-state index in [1.807, 2.05) is 43.3 Å². The van der Waals surface area contributed by atoms with Gasteiger partial charge in [-0.3, -0.25) is 14.9 Å². The van der Waals surface area contributed by atoms with Crippen LogP contribution in [-0.4, -0.2) is 21.7 Å². The van der Waals surface area contributed by atoms with Crippen molar-refractivity contribution in [2.45, 2.75) is 25.7 Å². The predicted molar refractivity (Wildman–Crippen MR) is 108 cm³/mol. The summed E-state index contributed by atoms with van der Waals surface area (Å²) in [6.07, 6.45) is 2.49. The van der Waals surface area contributed by atoms with E-state index in [4.69, 9.17) is 11.6 Å². The molecule has 0 radical (unpaired) electrons. The number of benzene rings is 2. The van der Waals surface area contributed by atoms with Crippen LogP contribution in [0, 0.1) is 6.92 Å². The van der Waals surface area contributed by atoms with Crippen molar-refractivity contribution in [2.75, 3.05) is 5.32 Å². The molecule has 5 nitrogen and oxygen atoms in total. The number of aryl methyl sites for hydroxylation is 1. The molecule has 1 unspecified atom stereocenters. The molecule has 6 heteroatoms. The Morgan fingerprint density at radius 3 is 2.75 bits per heavy atom. The molecule has 4 rings (SSSR count). The lowest BCUT2D eigenvalue weighted by Crippen LogP contribution is -2.22. The lowest BCUT2D eigenvalue weighted by atomic mass is 9.82. The summed E-state index contributed by atoms with van der Waals surface area (Å²) in [5, 5.41) is 3.36. The highest BCUT2D eigenvalue weighted by molar-refractivity contribution is 6.30. The molecule has 0 spiro atoms. The van der Waals surface area contributed by atoms with Gasteiger partial charge < -0.3 is 0 Å². The minimum atomic E-state index is -0.280. The first kappa shape index (κ1) is 18.3. The Labute approximate surface area is 167 Å². The fourth-order valence-corrected chi connectivity index (χ4v) is 3.66. The first-order valence-corrected chi connectivity index (χ1v) is 9.40. The number of aromatic nitrogens is 2. The Morgan fingerprint density at radius 2 is 1.96 bits per heavy atom. The van der Waals surface area contributed by atoms with Crippen molar-refractivity contribution in [1.29, 1.82) is 0 Å². The highest BCUT2D eigenvalue weighted by Crippen LogP contribution is 2.33. The van der Waals surface area contributed by atoms with Gasteiger partial charge in [0, 0.05) is 23.2 Å². The van der Waals surface area contributed by atoms with Crippen molar-refractivity contribution in [1.82, 2.24) is 9.97 Å². The van der Waals surface area contributed by atoms with Crippen molar-refractivity contribution in [3.05, 3.63) is 87.7 Å². The zero-order valence-electron chi connectivity index (χ0n) is 15.3. The van der Waals surface area contributed by atoms with Gasteiger partial charge in [-0.05, 0) is 49.1 Å². The molecule has 140 valence electrons. The number of hydrogen-bond donors (Lipinski definition) is 1. The van der Waals surface area contributed by atoms with Crippen LogP contribution in [0.15, 0.2) is 54.7 Å². The molecule has 2 aromatic carbocycles. The van der Waals surface area contributed by atoms with Gasteiger partial charge >= 0.3 is 0 Å². The third kappa shape index (κ3) is 3.80. The largest absolute Gasteiger partial charge is 0.294 e. The number of nitrogens with one attached hydrogen (secondary N) is 1. The molecule has 0 aliphatic heterocycles. The Morgan fingerprint density at radius 1 is 1.14 bits per heavy atom. The number of halogens is 1. The molecule has 1 aromatic heterocycles. The van der Waals surface area contributed by atoms with E-state index in [0.717, 1.165) is 11.1 Å². The molecular formula is C22H18ClN3O2. The number of carbonyl (C=O) groups excluding carboxylic acids is 2. The number of hydrogen-bond acceptors (Lipinski definition) is 4. The van der Waals surface area contributed by atoms with Crippen LogP contribution < -0.4 is 5.32 Å². The standard InChI is InChI=1S/C22H18ClN3O2/c1-13-4-2-6-15(8-13)21(28)26-22-24-12-18-19(25-22)10-16(11-20(18)27)14-5-3-7-17(23)9-14/h2-9,12,16H,10-11H2,1H3,(H,24,25,26,28). The summed E-state index contributed by atoms with van der Waals surface area (Å²) >= 11 is 6.09. The lowest BCUT2D eigenvalue weighted by Gasteiger charge is -2.23. The van der Waals surface area contributed by atoms with Gasteiger partial charge in [0.25, 0.3) is 5.91 Å². The fourth-order valence-electron chi connectivity index (χ4n) is 3.46. The number of carbonyl (C=O) groups is 2. The molecule has 1 aliphatic rings. The van der Waals surface area contributed by atoms with Crippen molar-refractivity contribution < 1.29 is 9.59 Å². The van der Waals surface area contributed by atoms with Gasteiger partial charge in [-0.25, -0.2) is 9.97 Å². The molecule has 1 N–H and O–H groups in total. The normalized spacial score (nSPS) is 15.8. The summed E-state index contributed by atoms with van der Waals surface area (Å²) in [4.78, 5) is 33.6. The predicted octanol–water partition coefficient (Wildman–Crippen LogP) is 4.60. The summed E-state index contributed by atoms with van der Waals surface area (Å²) in [5.74, 6) is -0.0707. The zero-order chi connectivity index (χ0) is 19.7. The highest BCUT2D eigenvalue weighted by Gasteiger charge is 2.28. The van der Waals surface area contributed by atoms with Crippen molar-refractivity contribution >= 4 is 29.2 Å². The number of nitrogens with zero attached hydrogens (tertiary/aromatic N) is 2. The van der Waals surface area contributed by atoms with E-state index < -0.39 is 0 Å². The third-order valence-corrected chi connectivity index (χ3v) is 5.10. The van der Waals surface area contributed by atoms with E-state index in [2.05, 4.69) is 15.3 Å². The summed E-state index contributed by atoms with van der Waals surface area (Å²) in [6, 6.07) is 14.8. The van der Waals surface area contributed by atoms with E-state index >= 15 is 0 Å². The Kier molecular flexibility index (Phi) is 4.92. The van der Waals surface area contributed by atoms with Gasteiger partial charge in [0.05, 0.1) is 11.3 Å². The minimum absolute atomic E-state index is 0.00258. The van der Waals surface area contributed by atoms with Crippen LogP contribution in [0.2, 0.25) is 5.02 Å². The number of anilines is 1. The fraction of sp³-hybridized carbons (Fsp3) is 0.182. The summed E-state index contributed by atoms with van der Waals surface area (Å²) in [5.41, 5.74) is 3.71. The molecule has 3 aromatic rings. The maximum Gasteiger partial charge on any atom is 0.258 e. The maximum absolute atomic E-state index is 12.5. The first-order valence-electron chi connectivity index (χ1n) is 9.02. The van der Waals surface area contributed by atoms with Gasteiger partial charge in [0.15, 0.2) is 5.78 Å². The highest BCUT2D eigenvalue weighted by atomic mass is 35.5. The second-order valence-electron chi connectivity index (χ2n) is 6.96. The van der Waals surface area contributed by atoms with E-state index in [1.165, 1.54) is 6.20 Å². The molecule has 28 heavy (non-hydrogen) atoms. The lowest BCUT2D eigenvalue weighted by molar-refractivity contribution is 0.0962. The van der Waals surface area contributed by atoms with E-state index in [1.54, 1.807) is 12.1 Å². The smallest absolute Gasteiger partial charge is 0.258 e. The average Bonchev–Trinajstić information content (AvgIpc) is 2.67. The molecule has 0 saturated heterocycles. The number of ketones is 1. The monoisotopic (exact) mass is 391 g/mol. The summed E-state index contributed by atoms with van der Waals surface area (Å²) in [6.45, 7) is 1.92. The van der Waals surface area contributed by atoms with Crippen LogP contribution in [-0.2, 0) is 6.42 Å². The molecular weight excluding hydrogens is 374 g/mol. The van der Waals surface area contributed by atoms with Gasteiger partial charge in [-0.15, -0.1) is 0 Å². The second kappa shape index (κ2) is 7.52. The number of fused-ring (bicyclic) bond motifs is 1. The van der Waals surface area contributed by atoms with Gasteiger partial charge in [0.1, 0.15) is 0 Å². The molecule has 0 fully saturated rings. The van der Waals surface area contributed by atoms with Crippen LogP contribution in [0.25, 0.3) is 0 Å². The van der Waals surface area contributed by atoms with E-state index in [9.17, 15) is 9.59 Å². The molecule has 0 bridgehead atoms. The van der Waals surface area contributed by atoms with E-state index in [0.29, 0.717) is 34.7 Å². The zero-order valence-corrected chi connectivity index (χ0v) is 16.0. The molecule has 0 saturated carbocycles. The van der Waals surface area contributed by atoms with Crippen molar-refractivity contribution in [3.8, 4) is 0 Å². The number of rotatable bonds is 3. The van der Waals surface area contributed by atoms with E-state index in [-0.39, 0.29) is 23.6 Å². The van der Waals surface area contributed by atoms with Gasteiger partial charge in [-0.2, -0.15) is 0 Å². The maximum atomic E-state index is 12.5. The molecule has 1 amide bonds. The van der Waals surface area contributed by atoms with Gasteiger partial charge in [-0.1, -0.05) is 41.4 Å². The Hall–Kier alpha value is -3.05. The topological polar surface area (TPSA) is 72.0 Å². The third-order valence-electron chi connectivity index (χ3n) is 4.87. The first-order chi connectivity index (χ1) is 13.5. The molecule has 1 aliphatic carbocycles. The second-order valence-corrected chi connectivity index (χ2v) is 7.40. The minimum Gasteiger partial charge on any atom is -0.294 e.